The number of aromatic nitrogens is 1. The van der Waals surface area contributed by atoms with E-state index in [0.717, 1.165) is 31.7 Å². The predicted octanol–water partition coefficient (Wildman–Crippen LogP) is 5.37. The van der Waals surface area contributed by atoms with Gasteiger partial charge >= 0.3 is 0 Å². The number of thiazole rings is 1. The maximum atomic E-state index is 5.53. The molecule has 0 unspecified atom stereocenters. The van der Waals surface area contributed by atoms with Crippen LogP contribution in [0.2, 0.25) is 0 Å². The third kappa shape index (κ3) is 5.66. The molecule has 0 aliphatic heterocycles. The van der Waals surface area contributed by atoms with Crippen LogP contribution in [-0.4, -0.2) is 45.9 Å². The Hall–Kier alpha value is -3.04. The van der Waals surface area contributed by atoms with Crippen LogP contribution in [0.4, 0.5) is 0 Å². The van der Waals surface area contributed by atoms with Gasteiger partial charge < -0.3 is 18.9 Å². The van der Waals surface area contributed by atoms with Crippen molar-refractivity contribution >= 4 is 33.5 Å². The first kappa shape index (κ1) is 24.6. The number of halogens is 1. The number of rotatable bonds is 9. The molecule has 0 bridgehead atoms. The highest BCUT2D eigenvalue weighted by Gasteiger charge is 2.17. The Morgan fingerprint density at radius 3 is 2.27 bits per heavy atom. The Bertz CT molecular complexity index is 1220. The molecule has 0 atom stereocenters. The second-order valence-corrected chi connectivity index (χ2v) is 8.79. The molecule has 1 heterocycles. The molecule has 9 heteroatoms. The number of nitrogens with zero attached hydrogens (tertiary/aromatic N) is 3. The van der Waals surface area contributed by atoms with Crippen LogP contribution in [0.25, 0.3) is 11.3 Å². The van der Waals surface area contributed by atoms with Crippen molar-refractivity contribution in [3.63, 3.8) is 0 Å². The lowest BCUT2D eigenvalue weighted by Gasteiger charge is -2.14. The summed E-state index contributed by atoms with van der Waals surface area (Å²) in [5.74, 6) is 2.36. The summed E-state index contributed by atoms with van der Waals surface area (Å²) in [5.41, 5.74) is 3.45. The van der Waals surface area contributed by atoms with Crippen molar-refractivity contribution in [1.29, 1.82) is 0 Å². The first-order valence-electron chi connectivity index (χ1n) is 9.95. The summed E-state index contributed by atoms with van der Waals surface area (Å²) in [6.45, 7) is 6.40. The molecule has 0 N–H and O–H groups in total. The van der Waals surface area contributed by atoms with Gasteiger partial charge in [0.25, 0.3) is 0 Å². The summed E-state index contributed by atoms with van der Waals surface area (Å²) >= 11 is 4.99. The molecule has 7 nitrogen and oxygen atoms in total. The highest BCUT2D eigenvalue weighted by atomic mass is 79.9. The molecule has 0 radical (unpaired) electrons. The molecule has 0 aliphatic carbocycles. The maximum absolute atomic E-state index is 5.53. The van der Waals surface area contributed by atoms with Gasteiger partial charge in [-0.2, -0.15) is 5.10 Å². The topological polar surface area (TPSA) is 66.6 Å². The van der Waals surface area contributed by atoms with Crippen molar-refractivity contribution in [3.05, 3.63) is 62.7 Å². The van der Waals surface area contributed by atoms with Gasteiger partial charge in [0.2, 0.25) is 10.6 Å². The van der Waals surface area contributed by atoms with Crippen molar-refractivity contribution in [2.45, 2.75) is 6.92 Å². The summed E-state index contributed by atoms with van der Waals surface area (Å²) < 4.78 is 24.7. The second-order valence-electron chi connectivity index (χ2n) is 7.03. The van der Waals surface area contributed by atoms with Gasteiger partial charge in [0.05, 0.1) is 46.9 Å². The lowest BCUT2D eigenvalue weighted by atomic mass is 10.1. The number of hydrogen-bond acceptors (Lipinski definition) is 7. The van der Waals surface area contributed by atoms with Crippen LogP contribution in [-0.2, 0) is 0 Å². The minimum absolute atomic E-state index is 0.505. The van der Waals surface area contributed by atoms with Crippen molar-refractivity contribution in [2.75, 3.05) is 35.0 Å². The van der Waals surface area contributed by atoms with Gasteiger partial charge in [-0.1, -0.05) is 28.1 Å². The van der Waals surface area contributed by atoms with Crippen LogP contribution in [0.1, 0.15) is 12.5 Å². The van der Waals surface area contributed by atoms with Crippen LogP contribution in [0, 0.1) is 0 Å². The monoisotopic (exact) mass is 531 g/mol. The fraction of sp³-hybridized carbons (Fsp3) is 0.250. The Labute approximate surface area is 205 Å². The van der Waals surface area contributed by atoms with Crippen molar-refractivity contribution < 1.29 is 18.9 Å². The van der Waals surface area contributed by atoms with Crippen LogP contribution >= 0.6 is 27.3 Å². The summed E-state index contributed by atoms with van der Waals surface area (Å²) in [6.07, 6.45) is 1.75. The molecule has 33 heavy (non-hydrogen) atoms. The zero-order chi connectivity index (χ0) is 24.0. The zero-order valence-electron chi connectivity index (χ0n) is 19.2. The zero-order valence-corrected chi connectivity index (χ0v) is 21.6. The Kier molecular flexibility index (Phi) is 8.35. The second kappa shape index (κ2) is 11.2. The van der Waals surface area contributed by atoms with E-state index in [1.54, 1.807) is 39.3 Å². The highest BCUT2D eigenvalue weighted by molar-refractivity contribution is 9.10. The SMILES string of the molecule is C=C(C)CN=c1scc(-c2cc(OC)c(OC)c(OC)c2)n1N=Cc1cc(Br)ccc1OC. The van der Waals surface area contributed by atoms with E-state index in [1.807, 2.05) is 42.6 Å². The Balaban J connectivity index is 2.20. The van der Waals surface area contributed by atoms with E-state index in [4.69, 9.17) is 24.0 Å². The van der Waals surface area contributed by atoms with Crippen LogP contribution in [0.5, 0.6) is 23.0 Å². The smallest absolute Gasteiger partial charge is 0.206 e. The van der Waals surface area contributed by atoms with Crippen LogP contribution in [0.15, 0.2) is 62.4 Å². The van der Waals surface area contributed by atoms with Crippen molar-refractivity contribution in [2.24, 2.45) is 10.1 Å². The molecular weight excluding hydrogens is 506 g/mol. The van der Waals surface area contributed by atoms with E-state index in [9.17, 15) is 0 Å². The third-order valence-corrected chi connectivity index (χ3v) is 5.98. The van der Waals surface area contributed by atoms with Gasteiger partial charge in [0.1, 0.15) is 5.75 Å². The molecule has 0 fully saturated rings. The normalized spacial score (nSPS) is 11.6. The van der Waals surface area contributed by atoms with E-state index in [1.165, 1.54) is 11.3 Å². The molecule has 3 aromatic rings. The van der Waals surface area contributed by atoms with Gasteiger partial charge in [-0.05, 0) is 37.3 Å². The first-order chi connectivity index (χ1) is 15.9. The number of hydrogen-bond donors (Lipinski definition) is 0. The molecule has 0 spiro atoms. The average Bonchev–Trinajstić information content (AvgIpc) is 3.23. The maximum Gasteiger partial charge on any atom is 0.206 e. The fourth-order valence-corrected chi connectivity index (χ4v) is 4.29. The highest BCUT2D eigenvalue weighted by Crippen LogP contribution is 2.41. The number of methoxy groups -OCH3 is 4. The molecule has 0 aliphatic rings. The summed E-state index contributed by atoms with van der Waals surface area (Å²) in [5, 5.41) is 6.75. The van der Waals surface area contributed by atoms with Crippen molar-refractivity contribution in [1.82, 2.24) is 4.68 Å². The van der Waals surface area contributed by atoms with Gasteiger partial charge in [0, 0.05) is 21.0 Å². The molecule has 1 aromatic heterocycles. The molecule has 0 amide bonds. The van der Waals surface area contributed by atoms with E-state index >= 15 is 0 Å². The number of ether oxygens (including phenoxy) is 4. The number of benzene rings is 2. The Morgan fingerprint density at radius 1 is 1.03 bits per heavy atom. The predicted molar refractivity (Wildman–Crippen MR) is 136 cm³/mol. The minimum Gasteiger partial charge on any atom is -0.496 e. The minimum atomic E-state index is 0.505. The van der Waals surface area contributed by atoms with Crippen LogP contribution in [0.3, 0.4) is 0 Å². The van der Waals surface area contributed by atoms with Crippen LogP contribution < -0.4 is 23.7 Å². The van der Waals surface area contributed by atoms with Gasteiger partial charge in [0.15, 0.2) is 11.5 Å². The average molecular weight is 532 g/mol. The van der Waals surface area contributed by atoms with Gasteiger partial charge in [-0.15, -0.1) is 11.3 Å². The van der Waals surface area contributed by atoms with Crippen molar-refractivity contribution in [3.8, 4) is 34.3 Å². The Morgan fingerprint density at radius 2 is 1.70 bits per heavy atom. The molecular formula is C24H26BrN3O4S. The molecule has 0 saturated heterocycles. The molecule has 0 saturated carbocycles. The summed E-state index contributed by atoms with van der Waals surface area (Å²) in [7, 11) is 6.39. The van der Waals surface area contributed by atoms with E-state index in [2.05, 4.69) is 27.5 Å². The van der Waals surface area contributed by atoms with E-state index < -0.39 is 0 Å². The quantitative estimate of drug-likeness (QED) is 0.275. The van der Waals surface area contributed by atoms with Gasteiger partial charge in [-0.25, -0.2) is 4.68 Å². The van der Waals surface area contributed by atoms with E-state index in [0.29, 0.717) is 29.5 Å². The summed E-state index contributed by atoms with van der Waals surface area (Å²) in [4.78, 5) is 5.41. The van der Waals surface area contributed by atoms with E-state index in [-0.39, 0.29) is 0 Å². The third-order valence-electron chi connectivity index (χ3n) is 4.63. The van der Waals surface area contributed by atoms with Gasteiger partial charge in [-0.3, -0.25) is 4.99 Å². The molecule has 3 rings (SSSR count). The summed E-state index contributed by atoms with van der Waals surface area (Å²) in [6, 6.07) is 9.52. The molecule has 174 valence electrons. The largest absolute Gasteiger partial charge is 0.496 e. The lowest BCUT2D eigenvalue weighted by Crippen LogP contribution is -2.13. The molecule has 2 aromatic carbocycles. The first-order valence-corrected chi connectivity index (χ1v) is 11.6. The lowest BCUT2D eigenvalue weighted by molar-refractivity contribution is 0.324. The fourth-order valence-electron chi connectivity index (χ4n) is 3.08. The standard InChI is InChI=1S/C24H26BrN3O4S/c1-15(2)12-26-24-28(27-13-17-9-18(25)7-8-20(17)29-3)19(14-33-24)16-10-21(30-4)23(32-6)22(11-16)31-5/h7-11,13-14H,1,12H2,2-6H3.